The van der Waals surface area contributed by atoms with Crippen molar-refractivity contribution in [1.82, 2.24) is 14.5 Å². The van der Waals surface area contributed by atoms with E-state index in [4.69, 9.17) is 16.0 Å². The van der Waals surface area contributed by atoms with Crippen molar-refractivity contribution in [2.45, 2.75) is 24.9 Å². The third kappa shape index (κ3) is 5.39. The van der Waals surface area contributed by atoms with E-state index in [-0.39, 0.29) is 35.5 Å². The van der Waals surface area contributed by atoms with E-state index in [0.29, 0.717) is 21.7 Å². The summed E-state index contributed by atoms with van der Waals surface area (Å²) in [5.74, 6) is -0.303. The van der Waals surface area contributed by atoms with Gasteiger partial charge >= 0.3 is 0 Å². The van der Waals surface area contributed by atoms with Crippen LogP contribution >= 0.6 is 11.6 Å². The van der Waals surface area contributed by atoms with Crippen LogP contribution in [0.5, 0.6) is 0 Å². The quantitative estimate of drug-likeness (QED) is 0.312. The second-order valence-electron chi connectivity index (χ2n) is 7.49. The fourth-order valence-electron chi connectivity index (χ4n) is 3.21. The minimum absolute atomic E-state index is 0.00273. The van der Waals surface area contributed by atoms with E-state index in [1.165, 1.54) is 55.5 Å². The second-order valence-corrected chi connectivity index (χ2v) is 9.86. The normalized spacial score (nSPS) is 11.6. The molecular formula is C24H19ClFN3O4S. The number of halogens is 2. The van der Waals surface area contributed by atoms with E-state index in [2.05, 4.69) is 10.2 Å². The fraction of sp³-hybridized carbons (Fsp3) is 0.125. The Hall–Kier alpha value is -3.40. The lowest BCUT2D eigenvalue weighted by Gasteiger charge is -2.21. The molecule has 1 aromatic heterocycles. The molecule has 174 valence electrons. The Labute approximate surface area is 200 Å². The largest absolute Gasteiger partial charge is 0.419 e. The molecule has 3 aromatic carbocycles. The second kappa shape index (κ2) is 9.84. The Morgan fingerprint density at radius 2 is 1.59 bits per heavy atom. The Bertz CT molecular complexity index is 1400. The molecule has 4 aromatic rings. The van der Waals surface area contributed by atoms with E-state index < -0.39 is 15.8 Å². The molecule has 10 heteroatoms. The molecule has 34 heavy (non-hydrogen) atoms. The van der Waals surface area contributed by atoms with Gasteiger partial charge in [0.2, 0.25) is 21.8 Å². The van der Waals surface area contributed by atoms with Crippen molar-refractivity contribution >= 4 is 27.4 Å². The summed E-state index contributed by atoms with van der Waals surface area (Å²) in [5, 5.41) is 8.55. The summed E-state index contributed by atoms with van der Waals surface area (Å²) >= 11 is 5.91. The number of aromatic nitrogens is 2. The molecule has 0 aliphatic heterocycles. The van der Waals surface area contributed by atoms with Crippen molar-refractivity contribution in [3.63, 3.8) is 0 Å². The number of carbonyl (C=O) groups excluding carboxylic acids is 1. The number of Topliss-reactive ketones (excluding diaryl/α,β-unsaturated/α-hetero) is 1. The first kappa shape index (κ1) is 23.7. The van der Waals surface area contributed by atoms with Crippen LogP contribution in [0.15, 0.2) is 82.1 Å². The minimum Gasteiger partial charge on any atom is -0.419 e. The molecule has 0 fully saturated rings. The maximum atomic E-state index is 13.5. The van der Waals surface area contributed by atoms with Crippen molar-refractivity contribution in [2.24, 2.45) is 0 Å². The standard InChI is InChI=1S/C24H19ClFN3O4S/c1-16(30)18-6-12-22(13-7-18)34(31,32)29(14-17-2-10-21(26)11-3-17)15-23-27-28-24(33-23)19-4-8-20(25)9-5-19/h2-13H,14-15H2,1H3. The zero-order valence-corrected chi connectivity index (χ0v) is 19.6. The SMILES string of the molecule is CC(=O)c1ccc(S(=O)(=O)N(Cc2ccc(F)cc2)Cc2nnc(-c3ccc(Cl)cc3)o2)cc1. The predicted octanol–water partition coefficient (Wildman–Crippen LogP) is 5.12. The first-order valence-corrected chi connectivity index (χ1v) is 12.0. The summed E-state index contributed by atoms with van der Waals surface area (Å²) in [6.07, 6.45) is 0. The molecule has 0 spiro atoms. The molecule has 0 saturated carbocycles. The lowest BCUT2D eigenvalue weighted by Crippen LogP contribution is -2.30. The molecule has 0 unspecified atom stereocenters. The smallest absolute Gasteiger partial charge is 0.247 e. The molecule has 7 nitrogen and oxygen atoms in total. The Morgan fingerprint density at radius 1 is 0.941 bits per heavy atom. The first-order valence-electron chi connectivity index (χ1n) is 10.2. The highest BCUT2D eigenvalue weighted by Gasteiger charge is 2.27. The van der Waals surface area contributed by atoms with Crippen molar-refractivity contribution in [3.05, 3.63) is 101 Å². The average Bonchev–Trinajstić information content (AvgIpc) is 3.29. The molecule has 1 heterocycles. The van der Waals surface area contributed by atoms with Gasteiger partial charge in [-0.2, -0.15) is 4.31 Å². The molecule has 0 saturated heterocycles. The number of sulfonamides is 1. The van der Waals surface area contributed by atoms with Crippen LogP contribution in [0.1, 0.15) is 28.7 Å². The van der Waals surface area contributed by atoms with Gasteiger partial charge in [0.15, 0.2) is 5.78 Å². The lowest BCUT2D eigenvalue weighted by molar-refractivity contribution is 0.101. The van der Waals surface area contributed by atoms with E-state index in [0.717, 1.165) is 4.31 Å². The molecule has 0 N–H and O–H groups in total. The van der Waals surface area contributed by atoms with Crippen LogP contribution < -0.4 is 0 Å². The molecule has 0 atom stereocenters. The van der Waals surface area contributed by atoms with Crippen molar-refractivity contribution in [3.8, 4) is 11.5 Å². The van der Waals surface area contributed by atoms with Gasteiger partial charge in [0.05, 0.1) is 11.4 Å². The highest BCUT2D eigenvalue weighted by molar-refractivity contribution is 7.89. The molecule has 0 radical (unpaired) electrons. The van der Waals surface area contributed by atoms with Crippen LogP contribution in [0.2, 0.25) is 5.02 Å². The van der Waals surface area contributed by atoms with Gasteiger partial charge in [-0.25, -0.2) is 12.8 Å². The van der Waals surface area contributed by atoms with Crippen LogP contribution in [-0.2, 0) is 23.1 Å². The van der Waals surface area contributed by atoms with E-state index in [1.54, 1.807) is 24.3 Å². The van der Waals surface area contributed by atoms with Crippen LogP contribution in [0, 0.1) is 5.82 Å². The predicted molar refractivity (Wildman–Crippen MR) is 124 cm³/mol. The third-order valence-corrected chi connectivity index (χ3v) is 7.10. The molecule has 4 rings (SSSR count). The van der Waals surface area contributed by atoms with Crippen LogP contribution in [0.25, 0.3) is 11.5 Å². The van der Waals surface area contributed by atoms with E-state index in [9.17, 15) is 17.6 Å². The minimum atomic E-state index is -4.03. The topological polar surface area (TPSA) is 93.4 Å². The zero-order chi connectivity index (χ0) is 24.3. The molecular weight excluding hydrogens is 481 g/mol. The number of hydrogen-bond donors (Lipinski definition) is 0. The van der Waals surface area contributed by atoms with Gasteiger partial charge in [-0.1, -0.05) is 35.9 Å². The summed E-state index contributed by atoms with van der Waals surface area (Å²) in [4.78, 5) is 11.6. The number of benzene rings is 3. The highest BCUT2D eigenvalue weighted by atomic mass is 35.5. The van der Waals surface area contributed by atoms with E-state index in [1.807, 2.05) is 0 Å². The maximum Gasteiger partial charge on any atom is 0.247 e. The Morgan fingerprint density at radius 3 is 2.21 bits per heavy atom. The first-order chi connectivity index (χ1) is 16.2. The van der Waals surface area contributed by atoms with Gasteiger partial charge in [0.25, 0.3) is 0 Å². The maximum absolute atomic E-state index is 13.5. The summed E-state index contributed by atoms with van der Waals surface area (Å²) in [5.41, 5.74) is 1.60. The third-order valence-electron chi connectivity index (χ3n) is 5.04. The van der Waals surface area contributed by atoms with Crippen LogP contribution in [0.3, 0.4) is 0 Å². The van der Waals surface area contributed by atoms with Crippen LogP contribution in [0.4, 0.5) is 4.39 Å². The number of hydrogen-bond acceptors (Lipinski definition) is 6. The van der Waals surface area contributed by atoms with Crippen LogP contribution in [-0.4, -0.2) is 28.7 Å². The summed E-state index contributed by atoms with van der Waals surface area (Å²) in [7, 11) is -4.03. The number of nitrogens with zero attached hydrogens (tertiary/aromatic N) is 3. The van der Waals surface area contributed by atoms with E-state index >= 15 is 0 Å². The van der Waals surface area contributed by atoms with Gasteiger partial charge in [-0.15, -0.1) is 10.2 Å². The fourth-order valence-corrected chi connectivity index (χ4v) is 4.71. The molecule has 0 aliphatic rings. The summed E-state index contributed by atoms with van der Waals surface area (Å²) < 4.78 is 47.1. The Kier molecular flexibility index (Phi) is 6.87. The summed E-state index contributed by atoms with van der Waals surface area (Å²) in [6.45, 7) is 1.13. The van der Waals surface area contributed by atoms with Gasteiger partial charge < -0.3 is 4.42 Å². The highest BCUT2D eigenvalue weighted by Crippen LogP contribution is 2.24. The number of carbonyl (C=O) groups is 1. The molecule has 0 bridgehead atoms. The van der Waals surface area contributed by atoms with Crippen molar-refractivity contribution in [1.29, 1.82) is 0 Å². The number of ketones is 1. The zero-order valence-electron chi connectivity index (χ0n) is 18.0. The Balaban J connectivity index is 1.66. The monoisotopic (exact) mass is 499 g/mol. The molecule has 0 amide bonds. The van der Waals surface area contributed by atoms with Crippen molar-refractivity contribution < 1.29 is 22.0 Å². The van der Waals surface area contributed by atoms with Gasteiger partial charge in [0.1, 0.15) is 5.82 Å². The number of rotatable bonds is 8. The summed E-state index contributed by atoms with van der Waals surface area (Å²) in [6, 6.07) is 18.0. The lowest BCUT2D eigenvalue weighted by atomic mass is 10.2. The molecule has 0 aliphatic carbocycles. The van der Waals surface area contributed by atoms with Gasteiger partial charge in [0, 0.05) is 22.7 Å². The average molecular weight is 500 g/mol. The van der Waals surface area contributed by atoms with Gasteiger partial charge in [-0.3, -0.25) is 4.79 Å². The van der Waals surface area contributed by atoms with Gasteiger partial charge in [-0.05, 0) is 61.0 Å². The van der Waals surface area contributed by atoms with Crippen molar-refractivity contribution in [2.75, 3.05) is 0 Å².